The lowest BCUT2D eigenvalue weighted by Crippen LogP contribution is -2.20. The second kappa shape index (κ2) is 7.73. The number of esters is 1. The number of hydrogen-bond donors (Lipinski definition) is 0. The largest absolute Gasteiger partial charge is 0.465 e. The van der Waals surface area contributed by atoms with E-state index in [0.717, 1.165) is 0 Å². The molecule has 116 valence electrons. The van der Waals surface area contributed by atoms with Crippen molar-refractivity contribution in [3.8, 4) is 0 Å². The van der Waals surface area contributed by atoms with Gasteiger partial charge in [-0.05, 0) is 50.9 Å². The summed E-state index contributed by atoms with van der Waals surface area (Å²) in [6.45, 7) is 1.96. The van der Waals surface area contributed by atoms with Crippen LogP contribution in [0.3, 0.4) is 0 Å². The van der Waals surface area contributed by atoms with Crippen LogP contribution in [0, 0.1) is 0 Å². The average Bonchev–Trinajstić information content (AvgIpc) is 2.44. The Morgan fingerprint density at radius 3 is 1.95 bits per heavy atom. The highest BCUT2D eigenvalue weighted by Crippen LogP contribution is 2.34. The van der Waals surface area contributed by atoms with E-state index in [1.54, 1.807) is 31.5 Å². The molecule has 0 bridgehead atoms. The number of ether oxygens (including phenoxy) is 1. The molecule has 0 aromatic carbocycles. The molecule has 0 radical (unpaired) electrons. The maximum Gasteiger partial charge on any atom is 0.321 e. The number of carbonyl (C=O) groups excluding carboxylic acids is 1. The van der Waals surface area contributed by atoms with Gasteiger partial charge in [-0.25, -0.2) is 0 Å². The van der Waals surface area contributed by atoms with E-state index >= 15 is 0 Å². The Bertz CT molecular complexity index is 662. The summed E-state index contributed by atoms with van der Waals surface area (Å²) >= 11 is 19.0. The quantitative estimate of drug-likeness (QED) is 0.592. The van der Waals surface area contributed by atoms with Gasteiger partial charge in [-0.15, -0.1) is 0 Å². The SMILES string of the molecule is CCOC(=O)C(c1ncc(Br)cc1Cl)c1ncc(Br)cc1Cl. The van der Waals surface area contributed by atoms with Crippen molar-refractivity contribution in [1.29, 1.82) is 0 Å². The van der Waals surface area contributed by atoms with E-state index in [0.29, 0.717) is 30.4 Å². The molecule has 0 saturated heterocycles. The van der Waals surface area contributed by atoms with Crippen molar-refractivity contribution in [2.45, 2.75) is 12.8 Å². The van der Waals surface area contributed by atoms with Crippen molar-refractivity contribution in [3.63, 3.8) is 0 Å². The summed E-state index contributed by atoms with van der Waals surface area (Å²) in [6.07, 6.45) is 3.11. The summed E-state index contributed by atoms with van der Waals surface area (Å²) in [6, 6.07) is 3.31. The van der Waals surface area contributed by atoms with Gasteiger partial charge >= 0.3 is 5.97 Å². The van der Waals surface area contributed by atoms with Gasteiger partial charge in [0.1, 0.15) is 5.92 Å². The fraction of sp³-hybridized carbons (Fsp3) is 0.214. The fourth-order valence-corrected chi connectivity index (χ4v) is 3.33. The predicted octanol–water partition coefficient (Wildman–Crippen LogP) is 5.00. The Morgan fingerprint density at radius 2 is 1.59 bits per heavy atom. The van der Waals surface area contributed by atoms with Gasteiger partial charge in [0.25, 0.3) is 0 Å². The molecular weight excluding hydrogens is 459 g/mol. The molecule has 0 aliphatic carbocycles. The van der Waals surface area contributed by atoms with Crippen LogP contribution >= 0.6 is 55.1 Å². The van der Waals surface area contributed by atoms with Crippen LogP contribution in [0.25, 0.3) is 0 Å². The third-order valence-corrected chi connectivity index (χ3v) is 4.21. The van der Waals surface area contributed by atoms with Gasteiger partial charge in [-0.3, -0.25) is 14.8 Å². The minimum Gasteiger partial charge on any atom is -0.465 e. The summed E-state index contributed by atoms with van der Waals surface area (Å²) in [5, 5.41) is 0.654. The minimum atomic E-state index is -0.888. The number of pyridine rings is 2. The van der Waals surface area contributed by atoms with Crippen LogP contribution in [-0.4, -0.2) is 22.5 Å². The number of hydrogen-bond acceptors (Lipinski definition) is 4. The molecule has 0 aliphatic heterocycles. The lowest BCUT2D eigenvalue weighted by molar-refractivity contribution is -0.144. The van der Waals surface area contributed by atoms with E-state index in [1.807, 2.05) is 0 Å². The van der Waals surface area contributed by atoms with E-state index in [9.17, 15) is 4.79 Å². The zero-order chi connectivity index (χ0) is 16.3. The zero-order valence-corrected chi connectivity index (χ0v) is 16.0. The minimum absolute atomic E-state index is 0.234. The molecule has 2 heterocycles. The molecule has 0 fully saturated rings. The summed E-state index contributed by atoms with van der Waals surface area (Å²) < 4.78 is 6.54. The lowest BCUT2D eigenvalue weighted by Gasteiger charge is -2.17. The summed E-state index contributed by atoms with van der Waals surface area (Å²) in [5.41, 5.74) is 0.695. The molecule has 22 heavy (non-hydrogen) atoms. The van der Waals surface area contributed by atoms with Crippen LogP contribution in [0.5, 0.6) is 0 Å². The van der Waals surface area contributed by atoms with Crippen LogP contribution in [0.2, 0.25) is 10.0 Å². The highest BCUT2D eigenvalue weighted by molar-refractivity contribution is 9.10. The van der Waals surface area contributed by atoms with Gasteiger partial charge in [-0.2, -0.15) is 0 Å². The highest BCUT2D eigenvalue weighted by atomic mass is 79.9. The molecular formula is C14H10Br2Cl2N2O2. The van der Waals surface area contributed by atoms with Crippen molar-refractivity contribution in [2.75, 3.05) is 6.61 Å². The first kappa shape index (κ1) is 17.7. The molecule has 0 atom stereocenters. The molecule has 4 nitrogen and oxygen atoms in total. The smallest absolute Gasteiger partial charge is 0.321 e. The van der Waals surface area contributed by atoms with Crippen LogP contribution in [-0.2, 0) is 9.53 Å². The molecule has 0 amide bonds. The molecule has 8 heteroatoms. The molecule has 2 aromatic heterocycles. The highest BCUT2D eigenvalue weighted by Gasteiger charge is 2.31. The van der Waals surface area contributed by atoms with Crippen LogP contribution in [0.4, 0.5) is 0 Å². The molecule has 2 aromatic rings. The van der Waals surface area contributed by atoms with Gasteiger partial charge < -0.3 is 4.74 Å². The van der Waals surface area contributed by atoms with E-state index in [2.05, 4.69) is 41.8 Å². The molecule has 0 unspecified atom stereocenters. The maximum atomic E-state index is 12.4. The second-order valence-corrected chi connectivity index (χ2v) is 6.87. The molecule has 0 aliphatic rings. The monoisotopic (exact) mass is 466 g/mol. The number of halogens is 4. The summed E-state index contributed by atoms with van der Waals surface area (Å²) in [5.74, 6) is -1.39. The zero-order valence-electron chi connectivity index (χ0n) is 11.3. The van der Waals surface area contributed by atoms with E-state index in [4.69, 9.17) is 27.9 Å². The fourth-order valence-electron chi connectivity index (χ4n) is 1.85. The Hall–Kier alpha value is -0.690. The van der Waals surface area contributed by atoms with Gasteiger partial charge in [-0.1, -0.05) is 23.2 Å². The third kappa shape index (κ3) is 3.98. The van der Waals surface area contributed by atoms with Crippen molar-refractivity contribution in [3.05, 3.63) is 54.9 Å². The third-order valence-electron chi connectivity index (χ3n) is 2.74. The van der Waals surface area contributed by atoms with Gasteiger partial charge in [0.05, 0.1) is 28.0 Å². The Kier molecular flexibility index (Phi) is 6.20. The van der Waals surface area contributed by atoms with Crippen molar-refractivity contribution in [1.82, 2.24) is 9.97 Å². The lowest BCUT2D eigenvalue weighted by atomic mass is 10.00. The van der Waals surface area contributed by atoms with Gasteiger partial charge in [0, 0.05) is 21.3 Å². The predicted molar refractivity (Wildman–Crippen MR) is 92.4 cm³/mol. The molecule has 0 spiro atoms. The standard InChI is InChI=1S/C14H10Br2Cl2N2O2/c1-2-22-14(21)11(12-9(17)3-7(15)5-19-12)13-10(18)4-8(16)6-20-13/h3-6,11H,2H2,1H3. The van der Waals surface area contributed by atoms with Gasteiger partial charge in [0.15, 0.2) is 0 Å². The number of nitrogens with zero attached hydrogens (tertiary/aromatic N) is 2. The second-order valence-electron chi connectivity index (χ2n) is 4.23. The van der Waals surface area contributed by atoms with E-state index < -0.39 is 11.9 Å². The molecule has 0 saturated carbocycles. The number of rotatable bonds is 4. The summed E-state index contributed by atoms with van der Waals surface area (Å²) in [7, 11) is 0. The van der Waals surface area contributed by atoms with E-state index in [-0.39, 0.29) is 6.61 Å². The first-order chi connectivity index (χ1) is 10.4. The van der Waals surface area contributed by atoms with Crippen molar-refractivity contribution >= 4 is 61.0 Å². The van der Waals surface area contributed by atoms with Crippen LogP contribution in [0.1, 0.15) is 24.2 Å². The first-order valence-electron chi connectivity index (χ1n) is 6.22. The average molecular weight is 469 g/mol. The Morgan fingerprint density at radius 1 is 1.14 bits per heavy atom. The normalized spacial score (nSPS) is 10.8. The molecule has 2 rings (SSSR count). The van der Waals surface area contributed by atoms with E-state index in [1.165, 1.54) is 0 Å². The number of aromatic nitrogens is 2. The number of carbonyl (C=O) groups is 1. The van der Waals surface area contributed by atoms with Crippen molar-refractivity contribution in [2.24, 2.45) is 0 Å². The molecule has 0 N–H and O–H groups in total. The first-order valence-corrected chi connectivity index (χ1v) is 8.56. The summed E-state index contributed by atoms with van der Waals surface area (Å²) in [4.78, 5) is 20.8. The Labute approximate surface area is 154 Å². The topological polar surface area (TPSA) is 52.1 Å². The van der Waals surface area contributed by atoms with Crippen LogP contribution < -0.4 is 0 Å². The van der Waals surface area contributed by atoms with Crippen molar-refractivity contribution < 1.29 is 9.53 Å². The van der Waals surface area contributed by atoms with Gasteiger partial charge in [0.2, 0.25) is 0 Å². The maximum absolute atomic E-state index is 12.4. The van der Waals surface area contributed by atoms with Crippen LogP contribution in [0.15, 0.2) is 33.5 Å². The Balaban J connectivity index is 2.58.